The molecule has 0 atom stereocenters. The highest BCUT2D eigenvalue weighted by atomic mass is 19.4. The number of hydrogen-bond donors (Lipinski definition) is 1. The monoisotopic (exact) mass is 301 g/mol. The van der Waals surface area contributed by atoms with Crippen molar-refractivity contribution in [1.82, 2.24) is 9.80 Å². The van der Waals surface area contributed by atoms with Crippen molar-refractivity contribution in [3.63, 3.8) is 0 Å². The van der Waals surface area contributed by atoms with Crippen LogP contribution in [0.1, 0.15) is 18.1 Å². The molecule has 2 N–H and O–H groups in total. The van der Waals surface area contributed by atoms with Crippen LogP contribution in [0.3, 0.4) is 0 Å². The fraction of sp³-hybridized carbons (Fsp3) is 0.600. The summed E-state index contributed by atoms with van der Waals surface area (Å²) in [6.45, 7) is 7.64. The van der Waals surface area contributed by atoms with Crippen LogP contribution >= 0.6 is 0 Å². The number of nitrogen functional groups attached to an aromatic ring is 1. The molecule has 0 bridgehead atoms. The van der Waals surface area contributed by atoms with Gasteiger partial charge >= 0.3 is 6.18 Å². The molecule has 1 saturated heterocycles. The average molecular weight is 301 g/mol. The Kier molecular flexibility index (Phi) is 5.11. The first-order valence-electron chi connectivity index (χ1n) is 7.30. The lowest BCUT2D eigenvalue weighted by molar-refractivity contribution is -0.138. The molecule has 21 heavy (non-hydrogen) atoms. The Morgan fingerprint density at radius 1 is 1.10 bits per heavy atom. The summed E-state index contributed by atoms with van der Waals surface area (Å²) in [6.07, 6.45) is -3.94. The Morgan fingerprint density at radius 3 is 2.29 bits per heavy atom. The molecule has 1 aromatic carbocycles. The van der Waals surface area contributed by atoms with Crippen molar-refractivity contribution < 1.29 is 13.2 Å². The van der Waals surface area contributed by atoms with Gasteiger partial charge in [0.15, 0.2) is 0 Å². The van der Waals surface area contributed by atoms with E-state index >= 15 is 0 Å². The van der Waals surface area contributed by atoms with E-state index in [1.54, 1.807) is 6.07 Å². The summed E-state index contributed by atoms with van der Waals surface area (Å²) in [4.78, 5) is 4.57. The first kappa shape index (κ1) is 16.1. The molecule has 1 fully saturated rings. The van der Waals surface area contributed by atoms with Crippen molar-refractivity contribution in [2.45, 2.75) is 19.5 Å². The smallest absolute Gasteiger partial charge is 0.399 e. The minimum absolute atomic E-state index is 0.155. The third kappa shape index (κ3) is 4.35. The molecule has 0 unspecified atom stereocenters. The van der Waals surface area contributed by atoms with Crippen molar-refractivity contribution in [2.24, 2.45) is 0 Å². The molecule has 118 valence electrons. The summed E-state index contributed by atoms with van der Waals surface area (Å²) in [5.74, 6) is 0. The molecule has 1 aromatic rings. The molecule has 1 aliphatic rings. The predicted molar refractivity (Wildman–Crippen MR) is 78.1 cm³/mol. The van der Waals surface area contributed by atoms with Gasteiger partial charge in [0.25, 0.3) is 0 Å². The third-order valence-electron chi connectivity index (χ3n) is 4.05. The molecule has 0 amide bonds. The van der Waals surface area contributed by atoms with Gasteiger partial charge in [-0.3, -0.25) is 0 Å². The fourth-order valence-corrected chi connectivity index (χ4v) is 2.68. The zero-order valence-electron chi connectivity index (χ0n) is 12.3. The van der Waals surface area contributed by atoms with E-state index in [9.17, 15) is 13.2 Å². The van der Waals surface area contributed by atoms with Gasteiger partial charge in [0.2, 0.25) is 0 Å². The van der Waals surface area contributed by atoms with Crippen LogP contribution in [0.4, 0.5) is 18.9 Å². The molecule has 0 aliphatic carbocycles. The Bertz CT molecular complexity index is 466. The maximum absolute atomic E-state index is 13.0. The first-order chi connectivity index (χ1) is 9.90. The van der Waals surface area contributed by atoms with Crippen LogP contribution in [0.2, 0.25) is 0 Å². The summed E-state index contributed by atoms with van der Waals surface area (Å²) in [6, 6.07) is 4.07. The number of rotatable bonds is 4. The summed E-state index contributed by atoms with van der Waals surface area (Å²) < 4.78 is 39.0. The predicted octanol–water partition coefficient (Wildman–Crippen LogP) is 2.47. The fourth-order valence-electron chi connectivity index (χ4n) is 2.68. The lowest BCUT2D eigenvalue weighted by Gasteiger charge is -2.34. The van der Waals surface area contributed by atoms with E-state index < -0.39 is 11.7 Å². The Morgan fingerprint density at radius 2 is 1.71 bits per heavy atom. The quantitative estimate of drug-likeness (QED) is 0.867. The zero-order valence-corrected chi connectivity index (χ0v) is 12.3. The lowest BCUT2D eigenvalue weighted by atomic mass is 10.0. The summed E-state index contributed by atoms with van der Waals surface area (Å²) >= 11 is 0. The average Bonchev–Trinajstić information content (AvgIpc) is 2.45. The molecular weight excluding hydrogens is 279 g/mol. The van der Waals surface area contributed by atoms with Crippen molar-refractivity contribution in [3.8, 4) is 0 Å². The van der Waals surface area contributed by atoms with Gasteiger partial charge in [-0.25, -0.2) is 0 Å². The third-order valence-corrected chi connectivity index (χ3v) is 4.05. The highest BCUT2D eigenvalue weighted by molar-refractivity contribution is 5.46. The topological polar surface area (TPSA) is 32.5 Å². The molecule has 1 heterocycles. The van der Waals surface area contributed by atoms with Crippen LogP contribution < -0.4 is 5.73 Å². The van der Waals surface area contributed by atoms with Gasteiger partial charge in [-0.15, -0.1) is 0 Å². The van der Waals surface area contributed by atoms with Gasteiger partial charge in [0, 0.05) is 38.4 Å². The number of hydrogen-bond acceptors (Lipinski definition) is 3. The number of anilines is 1. The number of likely N-dealkylation sites (N-methyl/N-ethyl adjacent to an activating group) is 1. The molecule has 0 saturated carbocycles. The molecule has 1 aliphatic heterocycles. The first-order valence-corrected chi connectivity index (χ1v) is 7.30. The largest absolute Gasteiger partial charge is 0.416 e. The highest BCUT2D eigenvalue weighted by Crippen LogP contribution is 2.33. The van der Waals surface area contributed by atoms with E-state index in [1.165, 1.54) is 6.07 Å². The van der Waals surface area contributed by atoms with Gasteiger partial charge in [-0.05, 0) is 30.7 Å². The van der Waals surface area contributed by atoms with E-state index in [0.29, 0.717) is 18.5 Å². The van der Waals surface area contributed by atoms with Crippen molar-refractivity contribution in [3.05, 3.63) is 29.3 Å². The lowest BCUT2D eigenvalue weighted by Crippen LogP contribution is -2.46. The van der Waals surface area contributed by atoms with E-state index in [2.05, 4.69) is 16.7 Å². The van der Waals surface area contributed by atoms with E-state index in [-0.39, 0.29) is 5.69 Å². The van der Waals surface area contributed by atoms with Crippen LogP contribution in [0.15, 0.2) is 18.2 Å². The van der Waals surface area contributed by atoms with Crippen molar-refractivity contribution in [1.29, 1.82) is 0 Å². The minimum atomic E-state index is -4.34. The SMILES string of the molecule is CCN1CCN(CCc2ccc(N)cc2C(F)(F)F)CC1. The van der Waals surface area contributed by atoms with Crippen LogP contribution in [0.5, 0.6) is 0 Å². The number of nitrogens with zero attached hydrogens (tertiary/aromatic N) is 2. The Balaban J connectivity index is 1.97. The van der Waals surface area contributed by atoms with Crippen LogP contribution in [-0.2, 0) is 12.6 Å². The molecule has 2 rings (SSSR count). The molecule has 0 radical (unpaired) electrons. The van der Waals surface area contributed by atoms with Gasteiger partial charge in [-0.2, -0.15) is 13.2 Å². The molecule has 0 spiro atoms. The maximum Gasteiger partial charge on any atom is 0.416 e. The number of benzene rings is 1. The van der Waals surface area contributed by atoms with Crippen molar-refractivity contribution >= 4 is 5.69 Å². The Labute approximate surface area is 123 Å². The normalized spacial score (nSPS) is 18.1. The maximum atomic E-state index is 13.0. The van der Waals surface area contributed by atoms with E-state index in [4.69, 9.17) is 5.73 Å². The van der Waals surface area contributed by atoms with Gasteiger partial charge in [0.05, 0.1) is 5.56 Å². The van der Waals surface area contributed by atoms with Gasteiger partial charge in [0.1, 0.15) is 0 Å². The minimum Gasteiger partial charge on any atom is -0.399 e. The second-order valence-corrected chi connectivity index (χ2v) is 5.44. The van der Waals surface area contributed by atoms with Crippen LogP contribution in [-0.4, -0.2) is 49.1 Å². The molecular formula is C15H22F3N3. The van der Waals surface area contributed by atoms with Crippen LogP contribution in [0.25, 0.3) is 0 Å². The highest BCUT2D eigenvalue weighted by Gasteiger charge is 2.33. The summed E-state index contributed by atoms with van der Waals surface area (Å²) in [5.41, 5.74) is 5.36. The van der Waals surface area contributed by atoms with E-state index in [1.807, 2.05) is 0 Å². The van der Waals surface area contributed by atoms with Crippen molar-refractivity contribution in [2.75, 3.05) is 45.0 Å². The molecule has 6 heteroatoms. The number of halogens is 3. The Hall–Kier alpha value is -1.27. The zero-order chi connectivity index (χ0) is 15.5. The molecule has 3 nitrogen and oxygen atoms in total. The second kappa shape index (κ2) is 6.66. The number of alkyl halides is 3. The summed E-state index contributed by atoms with van der Waals surface area (Å²) in [5, 5.41) is 0. The number of piperazine rings is 1. The molecule has 0 aromatic heterocycles. The van der Waals surface area contributed by atoms with Gasteiger partial charge < -0.3 is 15.5 Å². The summed E-state index contributed by atoms with van der Waals surface area (Å²) in [7, 11) is 0. The van der Waals surface area contributed by atoms with Crippen LogP contribution in [0, 0.1) is 0 Å². The standard InChI is InChI=1S/C15H22F3N3/c1-2-20-7-9-21(10-8-20)6-5-12-3-4-13(19)11-14(12)15(16,17)18/h3-4,11H,2,5-10,19H2,1H3. The number of nitrogens with two attached hydrogens (primary N) is 1. The van der Waals surface area contributed by atoms with E-state index in [0.717, 1.165) is 38.8 Å². The second-order valence-electron chi connectivity index (χ2n) is 5.44. The van der Waals surface area contributed by atoms with Gasteiger partial charge in [-0.1, -0.05) is 13.0 Å².